The number of methoxy groups -OCH3 is 1. The van der Waals surface area contributed by atoms with Gasteiger partial charge >= 0.3 is 0 Å². The van der Waals surface area contributed by atoms with Gasteiger partial charge in [0.15, 0.2) is 0 Å². The van der Waals surface area contributed by atoms with E-state index in [1.807, 2.05) is 19.1 Å². The number of nitrogens with one attached hydrogen (secondary N) is 1. The van der Waals surface area contributed by atoms with Gasteiger partial charge in [0.1, 0.15) is 5.75 Å². The molecular formula is C17H28N2O. The molecule has 20 heavy (non-hydrogen) atoms. The standard InChI is InChI=1S/C17H28N2O/c1-4-5-6-13-19-17(2,14-18)12-11-15-7-9-16(20-3)10-8-15/h4-5,7-10,19H,6,11-14,18H2,1-3H3/b5-4+. The fourth-order valence-electron chi connectivity index (χ4n) is 2.10. The minimum Gasteiger partial charge on any atom is -0.497 e. The molecule has 0 heterocycles. The Bertz CT molecular complexity index is 400. The fourth-order valence-corrected chi connectivity index (χ4v) is 2.10. The van der Waals surface area contributed by atoms with Gasteiger partial charge in [-0.1, -0.05) is 24.3 Å². The Balaban J connectivity index is 2.45. The maximum absolute atomic E-state index is 5.93. The highest BCUT2D eigenvalue weighted by atomic mass is 16.5. The zero-order valence-electron chi connectivity index (χ0n) is 13.0. The van der Waals surface area contributed by atoms with Crippen molar-refractivity contribution in [3.8, 4) is 5.75 Å². The number of ether oxygens (including phenoxy) is 1. The normalized spacial score (nSPS) is 14.4. The fraction of sp³-hybridized carbons (Fsp3) is 0.529. The van der Waals surface area contributed by atoms with Crippen molar-refractivity contribution >= 4 is 0 Å². The van der Waals surface area contributed by atoms with E-state index in [0.717, 1.165) is 31.6 Å². The smallest absolute Gasteiger partial charge is 0.118 e. The molecule has 1 unspecified atom stereocenters. The molecule has 0 saturated heterocycles. The first-order valence-electron chi connectivity index (χ1n) is 7.33. The third-order valence-corrected chi connectivity index (χ3v) is 3.67. The molecule has 1 aromatic carbocycles. The Morgan fingerprint density at radius 3 is 2.55 bits per heavy atom. The largest absolute Gasteiger partial charge is 0.497 e. The van der Waals surface area contributed by atoms with E-state index in [1.165, 1.54) is 5.56 Å². The highest BCUT2D eigenvalue weighted by Crippen LogP contribution is 2.16. The molecule has 3 nitrogen and oxygen atoms in total. The molecular weight excluding hydrogens is 248 g/mol. The van der Waals surface area contributed by atoms with Gasteiger partial charge in [0.2, 0.25) is 0 Å². The lowest BCUT2D eigenvalue weighted by Crippen LogP contribution is -2.49. The molecule has 1 aromatic rings. The van der Waals surface area contributed by atoms with Crippen LogP contribution in [0.2, 0.25) is 0 Å². The second-order valence-electron chi connectivity index (χ2n) is 5.40. The van der Waals surface area contributed by atoms with E-state index >= 15 is 0 Å². The van der Waals surface area contributed by atoms with Crippen molar-refractivity contribution in [2.75, 3.05) is 20.2 Å². The highest BCUT2D eigenvalue weighted by Gasteiger charge is 2.20. The molecule has 0 fully saturated rings. The lowest BCUT2D eigenvalue weighted by molar-refractivity contribution is 0.343. The molecule has 0 aliphatic heterocycles. The summed E-state index contributed by atoms with van der Waals surface area (Å²) < 4.78 is 5.17. The van der Waals surface area contributed by atoms with Crippen molar-refractivity contribution in [2.24, 2.45) is 5.73 Å². The first-order valence-corrected chi connectivity index (χ1v) is 7.33. The van der Waals surface area contributed by atoms with E-state index in [1.54, 1.807) is 7.11 Å². The van der Waals surface area contributed by atoms with Gasteiger partial charge in [0, 0.05) is 12.1 Å². The monoisotopic (exact) mass is 276 g/mol. The van der Waals surface area contributed by atoms with Gasteiger partial charge in [0.05, 0.1) is 7.11 Å². The van der Waals surface area contributed by atoms with E-state index in [9.17, 15) is 0 Å². The Hall–Kier alpha value is -1.32. The zero-order chi connectivity index (χ0) is 14.8. The summed E-state index contributed by atoms with van der Waals surface area (Å²) in [7, 11) is 1.69. The van der Waals surface area contributed by atoms with Gasteiger partial charge in [-0.2, -0.15) is 0 Å². The van der Waals surface area contributed by atoms with Crippen LogP contribution in [0.25, 0.3) is 0 Å². The summed E-state index contributed by atoms with van der Waals surface area (Å²) in [5, 5.41) is 3.57. The first-order chi connectivity index (χ1) is 9.63. The molecule has 3 heteroatoms. The maximum atomic E-state index is 5.93. The van der Waals surface area contributed by atoms with Crippen LogP contribution in [0.3, 0.4) is 0 Å². The van der Waals surface area contributed by atoms with E-state index < -0.39 is 0 Å². The number of allylic oxidation sites excluding steroid dienone is 1. The molecule has 0 aromatic heterocycles. The molecule has 3 N–H and O–H groups in total. The molecule has 0 radical (unpaired) electrons. The number of hydrogen-bond donors (Lipinski definition) is 2. The number of benzene rings is 1. The Kier molecular flexibility index (Phi) is 7.34. The average molecular weight is 276 g/mol. The van der Waals surface area contributed by atoms with Gasteiger partial charge in [-0.25, -0.2) is 0 Å². The van der Waals surface area contributed by atoms with Crippen molar-refractivity contribution in [1.29, 1.82) is 0 Å². The van der Waals surface area contributed by atoms with Crippen molar-refractivity contribution in [1.82, 2.24) is 5.32 Å². The van der Waals surface area contributed by atoms with Crippen molar-refractivity contribution in [2.45, 2.75) is 38.6 Å². The van der Waals surface area contributed by atoms with Crippen molar-refractivity contribution in [3.05, 3.63) is 42.0 Å². The third kappa shape index (κ3) is 5.76. The lowest BCUT2D eigenvalue weighted by Gasteiger charge is -2.29. The van der Waals surface area contributed by atoms with Crippen LogP contribution in [0.5, 0.6) is 5.75 Å². The predicted octanol–water partition coefficient (Wildman–Crippen LogP) is 2.90. The highest BCUT2D eigenvalue weighted by molar-refractivity contribution is 5.27. The van der Waals surface area contributed by atoms with E-state index in [-0.39, 0.29) is 5.54 Å². The summed E-state index contributed by atoms with van der Waals surface area (Å²) in [5.41, 5.74) is 7.25. The van der Waals surface area contributed by atoms with Crippen LogP contribution in [0, 0.1) is 0 Å². The molecule has 0 aliphatic rings. The second kappa shape index (κ2) is 8.77. The maximum Gasteiger partial charge on any atom is 0.118 e. The topological polar surface area (TPSA) is 47.3 Å². The molecule has 0 aliphatic carbocycles. The van der Waals surface area contributed by atoms with Gasteiger partial charge < -0.3 is 15.8 Å². The predicted molar refractivity (Wildman–Crippen MR) is 86.2 cm³/mol. The van der Waals surface area contributed by atoms with Crippen molar-refractivity contribution < 1.29 is 4.74 Å². The molecule has 0 spiro atoms. The summed E-state index contributed by atoms with van der Waals surface area (Å²) in [6.07, 6.45) is 7.36. The van der Waals surface area contributed by atoms with Crippen LogP contribution in [0.1, 0.15) is 32.3 Å². The van der Waals surface area contributed by atoms with Gasteiger partial charge in [0.25, 0.3) is 0 Å². The summed E-state index contributed by atoms with van der Waals surface area (Å²) >= 11 is 0. The quantitative estimate of drug-likeness (QED) is 0.538. The third-order valence-electron chi connectivity index (χ3n) is 3.67. The van der Waals surface area contributed by atoms with Crippen LogP contribution in [-0.4, -0.2) is 25.7 Å². The molecule has 0 amide bonds. The van der Waals surface area contributed by atoms with Crippen molar-refractivity contribution in [3.63, 3.8) is 0 Å². The van der Waals surface area contributed by atoms with Crippen LogP contribution in [-0.2, 0) is 6.42 Å². The Morgan fingerprint density at radius 2 is 2.00 bits per heavy atom. The number of aryl methyl sites for hydroxylation is 1. The van der Waals surface area contributed by atoms with Gasteiger partial charge in [-0.15, -0.1) is 0 Å². The van der Waals surface area contributed by atoms with Gasteiger partial charge in [-0.3, -0.25) is 0 Å². The van der Waals surface area contributed by atoms with E-state index in [0.29, 0.717) is 6.54 Å². The van der Waals surface area contributed by atoms with Crippen LogP contribution in [0.4, 0.5) is 0 Å². The first kappa shape index (κ1) is 16.7. The molecule has 1 atom stereocenters. The zero-order valence-corrected chi connectivity index (χ0v) is 13.0. The molecule has 112 valence electrons. The molecule has 1 rings (SSSR count). The minimum absolute atomic E-state index is 0.00150. The summed E-state index contributed by atoms with van der Waals surface area (Å²) in [6, 6.07) is 8.26. The molecule has 0 bridgehead atoms. The number of rotatable bonds is 9. The number of nitrogens with two attached hydrogens (primary N) is 1. The van der Waals surface area contributed by atoms with Crippen LogP contribution >= 0.6 is 0 Å². The van der Waals surface area contributed by atoms with E-state index in [2.05, 4.69) is 36.5 Å². The van der Waals surface area contributed by atoms with Crippen LogP contribution < -0.4 is 15.8 Å². The molecule has 0 saturated carbocycles. The summed E-state index contributed by atoms with van der Waals surface area (Å²) in [4.78, 5) is 0. The van der Waals surface area contributed by atoms with E-state index in [4.69, 9.17) is 10.5 Å². The SMILES string of the molecule is C/C=C/CCNC(C)(CN)CCc1ccc(OC)cc1. The Morgan fingerprint density at radius 1 is 1.30 bits per heavy atom. The Labute approximate surface area is 123 Å². The minimum atomic E-state index is 0.00150. The number of hydrogen-bond acceptors (Lipinski definition) is 3. The van der Waals surface area contributed by atoms with Gasteiger partial charge in [-0.05, 0) is 57.4 Å². The van der Waals surface area contributed by atoms with Crippen LogP contribution in [0.15, 0.2) is 36.4 Å². The summed E-state index contributed by atoms with van der Waals surface area (Å²) in [5.74, 6) is 0.903. The summed E-state index contributed by atoms with van der Waals surface area (Å²) in [6.45, 7) is 5.87. The second-order valence-corrected chi connectivity index (χ2v) is 5.40. The average Bonchev–Trinajstić information content (AvgIpc) is 2.50. The lowest BCUT2D eigenvalue weighted by atomic mass is 9.93.